The van der Waals surface area contributed by atoms with Crippen LogP contribution in [0.5, 0.6) is 5.75 Å². The molecule has 0 saturated carbocycles. The summed E-state index contributed by atoms with van der Waals surface area (Å²) in [5.74, 6) is -0.506. The smallest absolute Gasteiger partial charge is 0.340 e. The standard InChI is InChI=1S/C20H22N2O6S/c1-27-15-8-10-16(11-9-15)29(25,26)21-18-7-3-2-6-17(18)20(24)28-14-19(23)22-12-4-5-13-22/h2-3,6-11,21H,4-5,12-14H2,1H3. The summed E-state index contributed by atoms with van der Waals surface area (Å²) in [5, 5.41) is 0. The number of hydrogen-bond donors (Lipinski definition) is 1. The Morgan fingerprint density at radius 1 is 1.03 bits per heavy atom. The van der Waals surface area contributed by atoms with Gasteiger partial charge in [-0.25, -0.2) is 13.2 Å². The summed E-state index contributed by atoms with van der Waals surface area (Å²) in [6.07, 6.45) is 1.88. The lowest BCUT2D eigenvalue weighted by atomic mass is 10.2. The lowest BCUT2D eigenvalue weighted by molar-refractivity contribution is -0.133. The quantitative estimate of drug-likeness (QED) is 0.692. The molecule has 2 aromatic carbocycles. The van der Waals surface area contributed by atoms with Crippen molar-refractivity contribution < 1.29 is 27.5 Å². The van der Waals surface area contributed by atoms with E-state index in [0.717, 1.165) is 12.8 Å². The molecule has 0 spiro atoms. The lowest BCUT2D eigenvalue weighted by Crippen LogP contribution is -2.32. The molecule has 1 saturated heterocycles. The molecular weight excluding hydrogens is 396 g/mol. The van der Waals surface area contributed by atoms with Gasteiger partial charge in [-0.3, -0.25) is 9.52 Å². The number of benzene rings is 2. The molecule has 8 nitrogen and oxygen atoms in total. The fraction of sp³-hybridized carbons (Fsp3) is 0.300. The number of hydrogen-bond acceptors (Lipinski definition) is 6. The van der Waals surface area contributed by atoms with Crippen LogP contribution in [-0.4, -0.2) is 52.0 Å². The van der Waals surface area contributed by atoms with Crippen LogP contribution in [0, 0.1) is 0 Å². The number of para-hydroxylation sites is 1. The Morgan fingerprint density at radius 2 is 1.69 bits per heavy atom. The van der Waals surface area contributed by atoms with Gasteiger partial charge in [0.05, 0.1) is 23.3 Å². The topological polar surface area (TPSA) is 102 Å². The molecule has 154 valence electrons. The SMILES string of the molecule is COc1ccc(S(=O)(=O)Nc2ccccc2C(=O)OCC(=O)N2CCCC2)cc1. The number of nitrogens with zero attached hydrogens (tertiary/aromatic N) is 1. The molecule has 1 N–H and O–H groups in total. The van der Waals surface area contributed by atoms with Gasteiger partial charge in [0.25, 0.3) is 15.9 Å². The monoisotopic (exact) mass is 418 g/mol. The zero-order valence-corrected chi connectivity index (χ0v) is 16.8. The predicted molar refractivity (Wildman–Crippen MR) is 106 cm³/mol. The highest BCUT2D eigenvalue weighted by atomic mass is 32.2. The Morgan fingerprint density at radius 3 is 2.34 bits per heavy atom. The van der Waals surface area contributed by atoms with Crippen molar-refractivity contribution >= 4 is 27.6 Å². The summed E-state index contributed by atoms with van der Waals surface area (Å²) in [7, 11) is -2.44. The molecule has 2 aromatic rings. The number of anilines is 1. The van der Waals surface area contributed by atoms with Gasteiger partial charge in [0, 0.05) is 13.1 Å². The highest BCUT2D eigenvalue weighted by molar-refractivity contribution is 7.92. The van der Waals surface area contributed by atoms with Gasteiger partial charge >= 0.3 is 5.97 Å². The van der Waals surface area contributed by atoms with E-state index in [2.05, 4.69) is 4.72 Å². The van der Waals surface area contributed by atoms with Gasteiger partial charge in [-0.2, -0.15) is 0 Å². The minimum atomic E-state index is -3.93. The molecule has 1 aliphatic rings. The first-order valence-corrected chi connectivity index (χ1v) is 10.6. The van der Waals surface area contributed by atoms with Crippen molar-refractivity contribution in [2.75, 3.05) is 31.5 Å². The lowest BCUT2D eigenvalue weighted by Gasteiger charge is -2.16. The molecule has 0 aliphatic carbocycles. The van der Waals surface area contributed by atoms with E-state index in [1.165, 1.54) is 43.5 Å². The van der Waals surface area contributed by atoms with Gasteiger partial charge in [-0.05, 0) is 49.2 Å². The summed E-state index contributed by atoms with van der Waals surface area (Å²) in [4.78, 5) is 26.2. The molecule has 9 heteroatoms. The Bertz CT molecular complexity index is 982. The van der Waals surface area contributed by atoms with Gasteiger partial charge in [0.2, 0.25) is 0 Å². The highest BCUT2D eigenvalue weighted by Crippen LogP contribution is 2.22. The van der Waals surface area contributed by atoms with Crippen molar-refractivity contribution in [3.63, 3.8) is 0 Å². The van der Waals surface area contributed by atoms with E-state index in [9.17, 15) is 18.0 Å². The van der Waals surface area contributed by atoms with Gasteiger partial charge < -0.3 is 14.4 Å². The van der Waals surface area contributed by atoms with Crippen LogP contribution in [0.25, 0.3) is 0 Å². The maximum absolute atomic E-state index is 12.7. The number of carbonyl (C=O) groups excluding carboxylic acids is 2. The van der Waals surface area contributed by atoms with Crippen LogP contribution in [0.1, 0.15) is 23.2 Å². The van der Waals surface area contributed by atoms with Crippen molar-refractivity contribution in [1.82, 2.24) is 4.90 Å². The molecule has 29 heavy (non-hydrogen) atoms. The Hall–Kier alpha value is -3.07. The van der Waals surface area contributed by atoms with E-state index in [1.54, 1.807) is 17.0 Å². The van der Waals surface area contributed by atoms with E-state index in [-0.39, 0.29) is 28.7 Å². The molecule has 0 atom stereocenters. The number of amides is 1. The molecular formula is C20H22N2O6S. The van der Waals surface area contributed by atoms with Gasteiger partial charge in [0.15, 0.2) is 6.61 Å². The predicted octanol–water partition coefficient (Wildman–Crippen LogP) is 2.28. The van der Waals surface area contributed by atoms with E-state index in [1.807, 2.05) is 0 Å². The Kier molecular flexibility index (Phi) is 6.38. The Balaban J connectivity index is 1.72. The molecule has 1 fully saturated rings. The minimum Gasteiger partial charge on any atom is -0.497 e. The second kappa shape index (κ2) is 8.95. The third kappa shape index (κ3) is 5.05. The summed E-state index contributed by atoms with van der Waals surface area (Å²) in [6, 6.07) is 11.9. The number of esters is 1. The fourth-order valence-electron chi connectivity index (χ4n) is 2.97. The Labute approximate surface area is 169 Å². The highest BCUT2D eigenvalue weighted by Gasteiger charge is 2.22. The van der Waals surface area contributed by atoms with E-state index in [4.69, 9.17) is 9.47 Å². The molecule has 1 amide bonds. The maximum atomic E-state index is 12.7. The van der Waals surface area contributed by atoms with Gasteiger partial charge in [0.1, 0.15) is 5.75 Å². The first-order valence-electron chi connectivity index (χ1n) is 9.11. The van der Waals surface area contributed by atoms with Crippen LogP contribution in [0.3, 0.4) is 0 Å². The van der Waals surface area contributed by atoms with E-state index < -0.39 is 16.0 Å². The molecule has 0 aromatic heterocycles. The molecule has 1 heterocycles. The normalized spacial score (nSPS) is 13.8. The molecule has 0 radical (unpaired) electrons. The number of carbonyl (C=O) groups is 2. The van der Waals surface area contributed by atoms with Crippen molar-refractivity contribution in [3.8, 4) is 5.75 Å². The largest absolute Gasteiger partial charge is 0.497 e. The molecule has 0 unspecified atom stereocenters. The zero-order valence-electron chi connectivity index (χ0n) is 16.0. The number of rotatable bonds is 7. The molecule has 1 aliphatic heterocycles. The van der Waals surface area contributed by atoms with Crippen LogP contribution >= 0.6 is 0 Å². The number of sulfonamides is 1. The average Bonchev–Trinajstić information content (AvgIpc) is 3.27. The molecule has 3 rings (SSSR count). The number of nitrogens with one attached hydrogen (secondary N) is 1. The second-order valence-corrected chi connectivity index (χ2v) is 8.17. The zero-order chi connectivity index (χ0) is 20.9. The maximum Gasteiger partial charge on any atom is 0.340 e. The summed E-state index contributed by atoms with van der Waals surface area (Å²) >= 11 is 0. The van der Waals surface area contributed by atoms with Crippen molar-refractivity contribution in [3.05, 3.63) is 54.1 Å². The van der Waals surface area contributed by atoms with Crippen molar-refractivity contribution in [2.45, 2.75) is 17.7 Å². The fourth-order valence-corrected chi connectivity index (χ4v) is 4.05. The summed E-state index contributed by atoms with van der Waals surface area (Å²) in [5.41, 5.74) is 0.0979. The van der Waals surface area contributed by atoms with Crippen LogP contribution in [0.2, 0.25) is 0 Å². The third-order valence-electron chi connectivity index (χ3n) is 4.55. The number of methoxy groups -OCH3 is 1. The molecule has 0 bridgehead atoms. The van der Waals surface area contributed by atoms with Gasteiger partial charge in [-0.1, -0.05) is 12.1 Å². The van der Waals surface area contributed by atoms with Crippen LogP contribution in [0.4, 0.5) is 5.69 Å². The van der Waals surface area contributed by atoms with E-state index >= 15 is 0 Å². The van der Waals surface area contributed by atoms with Gasteiger partial charge in [-0.15, -0.1) is 0 Å². The van der Waals surface area contributed by atoms with Crippen LogP contribution < -0.4 is 9.46 Å². The average molecular weight is 418 g/mol. The minimum absolute atomic E-state index is 0.0191. The van der Waals surface area contributed by atoms with Crippen molar-refractivity contribution in [1.29, 1.82) is 0 Å². The first kappa shape index (κ1) is 20.7. The van der Waals surface area contributed by atoms with Crippen molar-refractivity contribution in [2.24, 2.45) is 0 Å². The van der Waals surface area contributed by atoms with E-state index in [0.29, 0.717) is 18.8 Å². The summed E-state index contributed by atoms with van der Waals surface area (Å²) in [6.45, 7) is 0.946. The number of ether oxygens (including phenoxy) is 2. The number of likely N-dealkylation sites (tertiary alicyclic amines) is 1. The third-order valence-corrected chi connectivity index (χ3v) is 5.93. The second-order valence-electron chi connectivity index (χ2n) is 6.49. The van der Waals surface area contributed by atoms with Crippen LogP contribution in [0.15, 0.2) is 53.4 Å². The first-order chi connectivity index (χ1) is 13.9. The van der Waals surface area contributed by atoms with Crippen LogP contribution in [-0.2, 0) is 19.6 Å². The summed E-state index contributed by atoms with van der Waals surface area (Å²) < 4.78 is 37.8.